The Morgan fingerprint density at radius 2 is 1.68 bits per heavy atom. The van der Waals surface area contributed by atoms with Crippen LogP contribution in [0.5, 0.6) is 5.75 Å². The van der Waals surface area contributed by atoms with Crippen LogP contribution in [-0.4, -0.2) is 57.3 Å². The average Bonchev–Trinajstić information content (AvgIpc) is 3.07. The van der Waals surface area contributed by atoms with Gasteiger partial charge in [-0.1, -0.05) is 6.07 Å². The number of benzene rings is 2. The van der Waals surface area contributed by atoms with Gasteiger partial charge in [0.1, 0.15) is 25.9 Å². The maximum Gasteiger partial charge on any atom is 1.00 e. The van der Waals surface area contributed by atoms with Crippen LogP contribution >= 0.6 is 0 Å². The third kappa shape index (κ3) is 6.07. The molecule has 0 aliphatic heterocycles. The van der Waals surface area contributed by atoms with Gasteiger partial charge in [0.2, 0.25) is 5.82 Å². The van der Waals surface area contributed by atoms with Gasteiger partial charge < -0.3 is 19.3 Å². The van der Waals surface area contributed by atoms with Gasteiger partial charge in [-0.2, -0.15) is 4.98 Å². The van der Waals surface area contributed by atoms with Crippen LogP contribution in [0.3, 0.4) is 0 Å². The molecule has 3 rings (SSSR count). The molecule has 0 fully saturated rings. The van der Waals surface area contributed by atoms with E-state index in [0.717, 1.165) is 18.2 Å². The number of aromatic hydroxyl groups is 1. The van der Waals surface area contributed by atoms with Crippen LogP contribution in [0.25, 0.3) is 10.8 Å². The third-order valence-corrected chi connectivity index (χ3v) is 5.18. The first-order valence-corrected chi connectivity index (χ1v) is 9.98. The molecular weight excluding hydrogens is 480 g/mol. The summed E-state index contributed by atoms with van der Waals surface area (Å²) >= 11 is 0. The molecule has 152 valence electrons. The van der Waals surface area contributed by atoms with Crippen LogP contribution < -0.4 is 59.1 Å². The smallest absolute Gasteiger partial charge is 0.744 e. The molecule has 1 aromatic heterocycles. The molecule has 1 heterocycles. The molecule has 18 heteroatoms. The fourth-order valence-corrected chi connectivity index (χ4v) is 3.38. The number of carboxylic acids is 1. The van der Waals surface area contributed by atoms with Gasteiger partial charge in [-0.15, -0.1) is 15.3 Å². The molecule has 3 aromatic rings. The second-order valence-corrected chi connectivity index (χ2v) is 8.08. The van der Waals surface area contributed by atoms with E-state index in [1.54, 1.807) is 0 Å². The SMILES string of the molecule is O=C(O)c1nc(N=Nc2c(O)c(S(=O)(=O)[O-])cc3cc(S(=O)(=O)[O-])ccc23)n[nH]1.[Na+].[Na+]. The summed E-state index contributed by atoms with van der Waals surface area (Å²) in [5, 5.41) is 31.1. The van der Waals surface area contributed by atoms with E-state index in [-0.39, 0.29) is 69.9 Å². The molecule has 0 aliphatic rings. The monoisotopic (exact) mass is 487 g/mol. The first-order chi connectivity index (χ1) is 13.4. The van der Waals surface area contributed by atoms with Crippen molar-refractivity contribution in [2.45, 2.75) is 9.79 Å². The van der Waals surface area contributed by atoms with Crippen molar-refractivity contribution in [2.24, 2.45) is 10.2 Å². The number of H-pyrrole nitrogens is 1. The molecule has 14 nitrogen and oxygen atoms in total. The Bertz CT molecular complexity index is 1400. The first kappa shape index (κ1) is 27.6. The Labute approximate surface area is 217 Å². The van der Waals surface area contributed by atoms with Crippen molar-refractivity contribution >= 4 is 48.6 Å². The van der Waals surface area contributed by atoms with E-state index in [1.165, 1.54) is 0 Å². The summed E-state index contributed by atoms with van der Waals surface area (Å²) in [4.78, 5) is 12.4. The number of hydrogen-bond acceptors (Lipinski definition) is 12. The molecule has 0 unspecified atom stereocenters. The minimum atomic E-state index is -5.23. The fourth-order valence-electron chi connectivity index (χ4n) is 2.27. The Balaban J connectivity index is 0.00000240. The van der Waals surface area contributed by atoms with E-state index < -0.39 is 59.2 Å². The Kier molecular flexibility index (Phi) is 8.88. The Hall–Kier alpha value is -1.47. The molecule has 2 aromatic carbocycles. The maximum absolute atomic E-state index is 11.4. The summed E-state index contributed by atoms with van der Waals surface area (Å²) < 4.78 is 67.8. The zero-order chi connectivity index (χ0) is 21.6. The molecule has 3 N–H and O–H groups in total. The number of phenols is 1. The van der Waals surface area contributed by atoms with Crippen LogP contribution in [0.2, 0.25) is 0 Å². The number of nitrogens with zero attached hydrogens (tertiary/aromatic N) is 4. The zero-order valence-corrected chi connectivity index (χ0v) is 21.3. The maximum atomic E-state index is 11.4. The average molecular weight is 487 g/mol. The standard InChI is InChI=1S/C13H9N5O9S2.2Na/c19-10-8(29(25,26)27)4-5-3-6(28(22,23)24)1-2-7(5)9(10)15-17-13-14-11(12(20)21)16-18-13;;/h1-4,19H,(H,20,21)(H,14,16,18)(H,22,23,24)(H,25,26,27);;/q;2*+1/p-2. The van der Waals surface area contributed by atoms with Crippen molar-refractivity contribution in [1.29, 1.82) is 0 Å². The molecule has 0 spiro atoms. The zero-order valence-electron chi connectivity index (χ0n) is 15.7. The summed E-state index contributed by atoms with van der Waals surface area (Å²) in [6.45, 7) is 0. The number of aromatic amines is 1. The van der Waals surface area contributed by atoms with Gasteiger partial charge in [0.15, 0.2) is 5.75 Å². The number of phenolic OH excluding ortho intramolecular Hbond substituents is 1. The molecule has 0 bridgehead atoms. The fraction of sp³-hybridized carbons (Fsp3) is 0. The van der Waals surface area contributed by atoms with Crippen LogP contribution in [0.15, 0.2) is 44.3 Å². The van der Waals surface area contributed by atoms with Gasteiger partial charge in [0.05, 0.1) is 9.79 Å². The Morgan fingerprint density at radius 3 is 2.19 bits per heavy atom. The quantitative estimate of drug-likeness (QED) is 0.174. The van der Waals surface area contributed by atoms with Crippen LogP contribution in [0, 0.1) is 0 Å². The molecule has 0 atom stereocenters. The number of rotatable bonds is 5. The van der Waals surface area contributed by atoms with Crippen LogP contribution in [0.4, 0.5) is 11.6 Å². The topological polar surface area (TPSA) is 238 Å². The summed E-state index contributed by atoms with van der Waals surface area (Å²) in [7, 11) is -10.1. The molecule has 0 amide bonds. The van der Waals surface area contributed by atoms with Gasteiger partial charge in [0, 0.05) is 5.39 Å². The molecule has 0 aliphatic carbocycles. The van der Waals surface area contributed by atoms with E-state index in [4.69, 9.17) is 5.11 Å². The van der Waals surface area contributed by atoms with Gasteiger partial charge in [-0.05, 0) is 23.6 Å². The number of hydrogen-bond donors (Lipinski definition) is 3. The van der Waals surface area contributed by atoms with Gasteiger partial charge in [-0.3, -0.25) is 5.10 Å². The summed E-state index contributed by atoms with van der Waals surface area (Å²) in [5.74, 6) is -3.61. The van der Waals surface area contributed by atoms with Crippen molar-refractivity contribution < 1.29 is 100 Å². The number of nitrogens with one attached hydrogen (secondary N) is 1. The van der Waals surface area contributed by atoms with Gasteiger partial charge >= 0.3 is 65.1 Å². The number of carbonyl (C=O) groups is 1. The number of azo groups is 1. The van der Waals surface area contributed by atoms with Crippen molar-refractivity contribution in [2.75, 3.05) is 0 Å². The number of aromatic carboxylic acids is 1. The van der Waals surface area contributed by atoms with E-state index in [0.29, 0.717) is 6.07 Å². The van der Waals surface area contributed by atoms with E-state index in [9.17, 15) is 35.8 Å². The van der Waals surface area contributed by atoms with Gasteiger partial charge in [-0.25, -0.2) is 21.6 Å². The molecule has 0 radical (unpaired) electrons. The number of aromatic nitrogens is 3. The van der Waals surface area contributed by atoms with Crippen molar-refractivity contribution in [3.63, 3.8) is 0 Å². The van der Waals surface area contributed by atoms with Crippen LogP contribution in [0.1, 0.15) is 10.6 Å². The van der Waals surface area contributed by atoms with E-state index in [1.807, 2.05) is 5.10 Å². The molecule has 0 saturated carbocycles. The van der Waals surface area contributed by atoms with Gasteiger partial charge in [0.25, 0.3) is 5.95 Å². The second-order valence-electron chi connectivity index (χ2n) is 5.35. The molecular formula is C13H7N5Na2O9S2. The van der Waals surface area contributed by atoms with Crippen molar-refractivity contribution in [3.05, 3.63) is 30.1 Å². The summed E-state index contributed by atoms with van der Waals surface area (Å²) in [6.07, 6.45) is 0. The summed E-state index contributed by atoms with van der Waals surface area (Å²) in [6, 6.07) is 3.38. The van der Waals surface area contributed by atoms with Crippen LogP contribution in [-0.2, 0) is 20.2 Å². The molecule has 31 heavy (non-hydrogen) atoms. The number of fused-ring (bicyclic) bond motifs is 1. The Morgan fingerprint density at radius 1 is 1.03 bits per heavy atom. The van der Waals surface area contributed by atoms with Crippen molar-refractivity contribution in [3.8, 4) is 5.75 Å². The normalized spacial score (nSPS) is 11.8. The predicted octanol–water partition coefficient (Wildman–Crippen LogP) is -5.41. The van der Waals surface area contributed by atoms with E-state index in [2.05, 4.69) is 20.3 Å². The molecule has 0 saturated heterocycles. The minimum Gasteiger partial charge on any atom is -0.744 e. The predicted molar refractivity (Wildman–Crippen MR) is 89.1 cm³/mol. The van der Waals surface area contributed by atoms with Crippen molar-refractivity contribution in [1.82, 2.24) is 15.2 Å². The third-order valence-electron chi connectivity index (χ3n) is 3.50. The summed E-state index contributed by atoms with van der Waals surface area (Å²) in [5.41, 5.74) is -0.576. The minimum absolute atomic E-state index is 0. The van der Waals surface area contributed by atoms with E-state index >= 15 is 0 Å². The largest absolute Gasteiger partial charge is 1.00 e. The number of carboxylic acid groups (broad SMARTS) is 1. The first-order valence-electron chi connectivity index (χ1n) is 7.17. The second kappa shape index (κ2) is 9.99.